The molecule has 1 fully saturated rings. The van der Waals surface area contributed by atoms with Crippen molar-refractivity contribution in [2.75, 3.05) is 17.3 Å². The Morgan fingerprint density at radius 2 is 1.95 bits per heavy atom. The van der Waals surface area contributed by atoms with Crippen molar-refractivity contribution in [2.24, 2.45) is 0 Å². The van der Waals surface area contributed by atoms with Crippen LogP contribution < -0.4 is 4.90 Å². The molecule has 0 amide bonds. The fraction of sp³-hybridized carbons (Fsp3) is 0.467. The van der Waals surface area contributed by atoms with Crippen LogP contribution in [0.15, 0.2) is 30.6 Å². The molecule has 100 valence electrons. The minimum atomic E-state index is 0.581. The Balaban J connectivity index is 2.03. The molecule has 1 aliphatic carbocycles. The highest BCUT2D eigenvalue weighted by Crippen LogP contribution is 2.30. The standard InChI is InChI=1S/C15H18ClN3/c16-9-10-19(12-5-1-2-6-12)15-13-7-3-4-8-14(13)17-11-18-15/h3-4,7-8,11-12H,1-2,5-6,9-10H2. The number of fused-ring (bicyclic) bond motifs is 1. The molecule has 2 aromatic rings. The van der Waals surface area contributed by atoms with E-state index in [1.807, 2.05) is 18.2 Å². The monoisotopic (exact) mass is 275 g/mol. The number of alkyl halides is 1. The van der Waals surface area contributed by atoms with Gasteiger partial charge in [-0.15, -0.1) is 11.6 Å². The van der Waals surface area contributed by atoms with Crippen LogP contribution >= 0.6 is 11.6 Å². The molecule has 3 nitrogen and oxygen atoms in total. The number of halogens is 1. The Hall–Kier alpha value is -1.35. The van der Waals surface area contributed by atoms with Crippen LogP contribution in [-0.2, 0) is 0 Å². The van der Waals surface area contributed by atoms with Crippen molar-refractivity contribution < 1.29 is 0 Å². The lowest BCUT2D eigenvalue weighted by molar-refractivity contribution is 0.616. The molecule has 0 unspecified atom stereocenters. The van der Waals surface area contributed by atoms with E-state index in [-0.39, 0.29) is 0 Å². The van der Waals surface area contributed by atoms with E-state index < -0.39 is 0 Å². The summed E-state index contributed by atoms with van der Waals surface area (Å²) >= 11 is 5.99. The Kier molecular flexibility index (Phi) is 3.83. The van der Waals surface area contributed by atoms with Gasteiger partial charge in [-0.3, -0.25) is 0 Å². The SMILES string of the molecule is ClCCN(c1ncnc2ccccc12)C1CCCC1. The number of para-hydroxylation sites is 1. The summed E-state index contributed by atoms with van der Waals surface area (Å²) in [5, 5.41) is 1.13. The topological polar surface area (TPSA) is 29.0 Å². The molecule has 1 saturated carbocycles. The van der Waals surface area contributed by atoms with E-state index in [0.29, 0.717) is 11.9 Å². The van der Waals surface area contributed by atoms with E-state index in [9.17, 15) is 0 Å². The number of hydrogen-bond donors (Lipinski definition) is 0. The maximum atomic E-state index is 5.99. The van der Waals surface area contributed by atoms with Crippen molar-refractivity contribution >= 4 is 28.3 Å². The average Bonchev–Trinajstić information content (AvgIpc) is 2.98. The lowest BCUT2D eigenvalue weighted by Crippen LogP contribution is -2.35. The quantitative estimate of drug-likeness (QED) is 0.798. The minimum absolute atomic E-state index is 0.581. The highest BCUT2D eigenvalue weighted by atomic mass is 35.5. The molecule has 4 heteroatoms. The van der Waals surface area contributed by atoms with Crippen LogP contribution in [0.2, 0.25) is 0 Å². The molecule has 0 bridgehead atoms. The van der Waals surface area contributed by atoms with Crippen molar-refractivity contribution in [3.63, 3.8) is 0 Å². The maximum Gasteiger partial charge on any atom is 0.140 e. The van der Waals surface area contributed by atoms with Crippen LogP contribution in [0.5, 0.6) is 0 Å². The zero-order valence-corrected chi connectivity index (χ0v) is 11.7. The lowest BCUT2D eigenvalue weighted by Gasteiger charge is -2.30. The van der Waals surface area contributed by atoms with Gasteiger partial charge in [-0.25, -0.2) is 9.97 Å². The number of rotatable bonds is 4. The van der Waals surface area contributed by atoms with Crippen molar-refractivity contribution in [1.29, 1.82) is 0 Å². The van der Waals surface area contributed by atoms with Crippen LogP contribution in [-0.4, -0.2) is 28.4 Å². The van der Waals surface area contributed by atoms with Crippen LogP contribution in [0.4, 0.5) is 5.82 Å². The van der Waals surface area contributed by atoms with Crippen LogP contribution in [0.25, 0.3) is 10.9 Å². The largest absolute Gasteiger partial charge is 0.352 e. The van der Waals surface area contributed by atoms with E-state index in [2.05, 4.69) is 20.9 Å². The van der Waals surface area contributed by atoms with Gasteiger partial charge in [-0.1, -0.05) is 25.0 Å². The first kappa shape index (κ1) is 12.7. The first-order chi connectivity index (χ1) is 9.40. The summed E-state index contributed by atoms with van der Waals surface area (Å²) < 4.78 is 0. The predicted octanol–water partition coefficient (Wildman–Crippen LogP) is 3.62. The third kappa shape index (κ3) is 2.52. The van der Waals surface area contributed by atoms with Crippen molar-refractivity contribution in [1.82, 2.24) is 9.97 Å². The van der Waals surface area contributed by atoms with Gasteiger partial charge < -0.3 is 4.90 Å². The number of anilines is 1. The molecule has 0 aliphatic heterocycles. The predicted molar refractivity (Wildman–Crippen MR) is 79.9 cm³/mol. The van der Waals surface area contributed by atoms with Crippen LogP contribution in [0.1, 0.15) is 25.7 Å². The van der Waals surface area contributed by atoms with E-state index >= 15 is 0 Å². The van der Waals surface area contributed by atoms with E-state index in [1.165, 1.54) is 25.7 Å². The second kappa shape index (κ2) is 5.74. The van der Waals surface area contributed by atoms with Gasteiger partial charge >= 0.3 is 0 Å². The molecule has 0 radical (unpaired) electrons. The summed E-state index contributed by atoms with van der Waals surface area (Å²) in [5.41, 5.74) is 1.00. The molecule has 1 heterocycles. The third-order valence-corrected chi connectivity index (χ3v) is 4.05. The second-order valence-electron chi connectivity index (χ2n) is 5.04. The Morgan fingerprint density at radius 3 is 2.74 bits per heavy atom. The molecule has 0 N–H and O–H groups in total. The number of hydrogen-bond acceptors (Lipinski definition) is 3. The summed E-state index contributed by atoms with van der Waals surface area (Å²) in [4.78, 5) is 11.2. The first-order valence-electron chi connectivity index (χ1n) is 6.92. The summed E-state index contributed by atoms with van der Waals surface area (Å²) in [6, 6.07) is 8.77. The van der Waals surface area contributed by atoms with Crippen LogP contribution in [0.3, 0.4) is 0 Å². The van der Waals surface area contributed by atoms with E-state index in [0.717, 1.165) is 23.3 Å². The van der Waals surface area contributed by atoms with Gasteiger partial charge in [0.25, 0.3) is 0 Å². The van der Waals surface area contributed by atoms with Gasteiger partial charge in [-0.2, -0.15) is 0 Å². The van der Waals surface area contributed by atoms with Crippen LogP contribution in [0, 0.1) is 0 Å². The lowest BCUT2D eigenvalue weighted by atomic mass is 10.1. The average molecular weight is 276 g/mol. The van der Waals surface area contributed by atoms with Gasteiger partial charge in [-0.05, 0) is 25.0 Å². The molecule has 19 heavy (non-hydrogen) atoms. The Labute approximate surface area is 118 Å². The fourth-order valence-electron chi connectivity index (χ4n) is 2.99. The zero-order valence-electron chi connectivity index (χ0n) is 10.9. The van der Waals surface area contributed by atoms with Gasteiger partial charge in [0.2, 0.25) is 0 Å². The minimum Gasteiger partial charge on any atom is -0.352 e. The molecule has 0 saturated heterocycles. The van der Waals surface area contributed by atoms with Crippen molar-refractivity contribution in [3.05, 3.63) is 30.6 Å². The van der Waals surface area contributed by atoms with Gasteiger partial charge in [0.1, 0.15) is 12.1 Å². The maximum absolute atomic E-state index is 5.99. The summed E-state index contributed by atoms with van der Waals surface area (Å²) in [6.07, 6.45) is 6.78. The molecule has 3 rings (SSSR count). The first-order valence-corrected chi connectivity index (χ1v) is 7.46. The number of nitrogens with zero attached hydrogens (tertiary/aromatic N) is 3. The molecule has 1 aromatic heterocycles. The normalized spacial score (nSPS) is 16.1. The molecule has 1 aliphatic rings. The van der Waals surface area contributed by atoms with Crippen molar-refractivity contribution in [2.45, 2.75) is 31.7 Å². The van der Waals surface area contributed by atoms with Gasteiger partial charge in [0.05, 0.1) is 5.52 Å². The summed E-state index contributed by atoms with van der Waals surface area (Å²) in [6.45, 7) is 0.854. The van der Waals surface area contributed by atoms with Gasteiger partial charge in [0, 0.05) is 23.9 Å². The highest BCUT2D eigenvalue weighted by molar-refractivity contribution is 6.18. The zero-order chi connectivity index (χ0) is 13.1. The Morgan fingerprint density at radius 1 is 1.16 bits per heavy atom. The smallest absolute Gasteiger partial charge is 0.140 e. The highest BCUT2D eigenvalue weighted by Gasteiger charge is 2.24. The molecule has 0 atom stereocenters. The third-order valence-electron chi connectivity index (χ3n) is 3.88. The second-order valence-corrected chi connectivity index (χ2v) is 5.41. The summed E-state index contributed by atoms with van der Waals surface area (Å²) in [7, 11) is 0. The fourth-order valence-corrected chi connectivity index (χ4v) is 3.17. The molecular formula is C15H18ClN3. The molecular weight excluding hydrogens is 258 g/mol. The van der Waals surface area contributed by atoms with Gasteiger partial charge in [0.15, 0.2) is 0 Å². The molecule has 0 spiro atoms. The number of benzene rings is 1. The summed E-state index contributed by atoms with van der Waals surface area (Å²) in [5.74, 6) is 1.67. The van der Waals surface area contributed by atoms with E-state index in [4.69, 9.17) is 11.6 Å². The molecule has 1 aromatic carbocycles. The van der Waals surface area contributed by atoms with Crippen molar-refractivity contribution in [3.8, 4) is 0 Å². The number of aromatic nitrogens is 2. The Bertz CT molecular complexity index is 547. The van der Waals surface area contributed by atoms with E-state index in [1.54, 1.807) is 6.33 Å².